The van der Waals surface area contributed by atoms with E-state index in [9.17, 15) is 19.5 Å². The number of hydrogen-bond donors (Lipinski definition) is 2. The van der Waals surface area contributed by atoms with Crippen molar-refractivity contribution in [3.8, 4) is 0 Å². The first-order valence-electron chi connectivity index (χ1n) is 6.91. The number of rotatable bonds is 3. The number of carbonyl (C=O) groups excluding carboxylic acids is 2. The first-order chi connectivity index (χ1) is 9.49. The van der Waals surface area contributed by atoms with Crippen molar-refractivity contribution in [3.05, 3.63) is 12.2 Å². The van der Waals surface area contributed by atoms with Crippen LogP contribution in [0, 0.1) is 11.8 Å². The van der Waals surface area contributed by atoms with Gasteiger partial charge in [-0.15, -0.1) is 0 Å². The minimum Gasteiger partial charge on any atom is -0.481 e. The molecule has 1 heterocycles. The van der Waals surface area contributed by atoms with Gasteiger partial charge in [0, 0.05) is 26.1 Å². The molecule has 0 aromatic heterocycles. The molecule has 6 heteroatoms. The number of carboxylic acids is 1. The lowest BCUT2D eigenvalue weighted by Crippen LogP contribution is -2.51. The van der Waals surface area contributed by atoms with Crippen LogP contribution in [0.1, 0.15) is 25.7 Å². The van der Waals surface area contributed by atoms with Crippen molar-refractivity contribution in [2.75, 3.05) is 13.6 Å². The number of amides is 2. The maximum atomic E-state index is 12.3. The van der Waals surface area contributed by atoms with Crippen LogP contribution < -0.4 is 5.32 Å². The van der Waals surface area contributed by atoms with E-state index in [2.05, 4.69) is 5.32 Å². The van der Waals surface area contributed by atoms with Gasteiger partial charge in [-0.05, 0) is 19.3 Å². The third-order valence-electron chi connectivity index (χ3n) is 4.06. The van der Waals surface area contributed by atoms with Gasteiger partial charge in [0.15, 0.2) is 0 Å². The van der Waals surface area contributed by atoms with Crippen molar-refractivity contribution in [2.45, 2.75) is 31.7 Å². The summed E-state index contributed by atoms with van der Waals surface area (Å²) in [5.74, 6) is -2.22. The summed E-state index contributed by atoms with van der Waals surface area (Å²) in [7, 11) is 1.71. The number of nitrogens with one attached hydrogen (secondary N) is 1. The number of piperidine rings is 1. The Kier molecular flexibility index (Phi) is 4.42. The Morgan fingerprint density at radius 3 is 2.55 bits per heavy atom. The van der Waals surface area contributed by atoms with Crippen LogP contribution in [0.3, 0.4) is 0 Å². The summed E-state index contributed by atoms with van der Waals surface area (Å²) < 4.78 is 0. The molecule has 0 saturated carbocycles. The summed E-state index contributed by atoms with van der Waals surface area (Å²) in [6.07, 6.45) is 5.58. The van der Waals surface area contributed by atoms with E-state index >= 15 is 0 Å². The fraction of sp³-hybridized carbons (Fsp3) is 0.643. The Bertz CT molecular complexity index is 446. The van der Waals surface area contributed by atoms with E-state index < -0.39 is 17.8 Å². The highest BCUT2D eigenvalue weighted by Crippen LogP contribution is 2.26. The van der Waals surface area contributed by atoms with Gasteiger partial charge in [0.05, 0.1) is 11.8 Å². The van der Waals surface area contributed by atoms with Gasteiger partial charge in [-0.2, -0.15) is 0 Å². The molecule has 1 saturated heterocycles. The quantitative estimate of drug-likeness (QED) is 0.732. The lowest BCUT2D eigenvalue weighted by Gasteiger charge is -2.32. The highest BCUT2D eigenvalue weighted by atomic mass is 16.4. The van der Waals surface area contributed by atoms with Crippen LogP contribution in [0.5, 0.6) is 0 Å². The van der Waals surface area contributed by atoms with Crippen LogP contribution in [-0.2, 0) is 14.4 Å². The second-order valence-corrected chi connectivity index (χ2v) is 5.51. The minimum absolute atomic E-state index is 0.0782. The second-order valence-electron chi connectivity index (χ2n) is 5.51. The van der Waals surface area contributed by atoms with Gasteiger partial charge >= 0.3 is 5.97 Å². The van der Waals surface area contributed by atoms with Crippen LogP contribution in [0.15, 0.2) is 12.2 Å². The fourth-order valence-corrected chi connectivity index (χ4v) is 2.82. The zero-order valence-electron chi connectivity index (χ0n) is 11.5. The van der Waals surface area contributed by atoms with Crippen molar-refractivity contribution in [1.82, 2.24) is 10.2 Å². The number of allylic oxidation sites excluding steroid dienone is 2. The maximum absolute atomic E-state index is 12.3. The zero-order chi connectivity index (χ0) is 14.7. The minimum atomic E-state index is -0.926. The molecule has 0 spiro atoms. The summed E-state index contributed by atoms with van der Waals surface area (Å²) >= 11 is 0. The van der Waals surface area contributed by atoms with E-state index in [4.69, 9.17) is 0 Å². The fourth-order valence-electron chi connectivity index (χ4n) is 2.82. The molecule has 0 aromatic rings. The Morgan fingerprint density at radius 1 is 1.30 bits per heavy atom. The number of aliphatic carboxylic acids is 1. The van der Waals surface area contributed by atoms with E-state index in [1.165, 1.54) is 0 Å². The van der Waals surface area contributed by atoms with E-state index in [0.29, 0.717) is 32.2 Å². The Morgan fingerprint density at radius 2 is 1.95 bits per heavy atom. The van der Waals surface area contributed by atoms with Crippen LogP contribution in [0.2, 0.25) is 0 Å². The molecule has 110 valence electrons. The number of nitrogens with zero attached hydrogens (tertiary/aromatic N) is 1. The van der Waals surface area contributed by atoms with Crippen LogP contribution in [0.4, 0.5) is 0 Å². The van der Waals surface area contributed by atoms with Crippen LogP contribution in [-0.4, -0.2) is 47.4 Å². The molecule has 0 aromatic carbocycles. The molecule has 2 aliphatic rings. The predicted octanol–water partition coefficient (Wildman–Crippen LogP) is 0.390. The lowest BCUT2D eigenvalue weighted by molar-refractivity contribution is -0.147. The van der Waals surface area contributed by atoms with E-state index in [1.807, 2.05) is 12.2 Å². The van der Waals surface area contributed by atoms with Crippen molar-refractivity contribution < 1.29 is 19.5 Å². The van der Waals surface area contributed by atoms with Crippen molar-refractivity contribution in [1.29, 1.82) is 0 Å². The molecule has 2 N–H and O–H groups in total. The normalized spacial score (nSPS) is 30.1. The SMILES string of the molecule is CN1CC(NC(=O)[C@@H]2CC=CC[C@@H]2C(=O)O)CCC1=O. The molecule has 1 unspecified atom stereocenters. The van der Waals surface area contributed by atoms with E-state index in [-0.39, 0.29) is 17.9 Å². The first-order valence-corrected chi connectivity index (χ1v) is 6.91. The smallest absolute Gasteiger partial charge is 0.307 e. The number of carboxylic acid groups (broad SMARTS) is 1. The number of hydrogen-bond acceptors (Lipinski definition) is 3. The highest BCUT2D eigenvalue weighted by molar-refractivity contribution is 5.85. The van der Waals surface area contributed by atoms with Gasteiger partial charge in [-0.1, -0.05) is 12.2 Å². The average Bonchev–Trinajstić information content (AvgIpc) is 2.43. The first kappa shape index (κ1) is 14.6. The van der Waals surface area contributed by atoms with Gasteiger partial charge in [0.25, 0.3) is 0 Å². The standard InChI is InChI=1S/C14H20N2O4/c1-16-8-9(6-7-12(16)17)15-13(18)10-4-2-3-5-11(10)14(19)20/h2-3,9-11H,4-8H2,1H3,(H,15,18)(H,19,20)/t9?,10-,11+/m1/s1. The molecule has 0 radical (unpaired) electrons. The summed E-state index contributed by atoms with van der Waals surface area (Å²) in [6, 6.07) is -0.0782. The molecule has 2 rings (SSSR count). The third-order valence-corrected chi connectivity index (χ3v) is 4.06. The van der Waals surface area contributed by atoms with Crippen molar-refractivity contribution in [3.63, 3.8) is 0 Å². The predicted molar refractivity (Wildman–Crippen MR) is 71.8 cm³/mol. The molecular weight excluding hydrogens is 260 g/mol. The number of carbonyl (C=O) groups is 3. The summed E-state index contributed by atoms with van der Waals surface area (Å²) in [5, 5.41) is 12.1. The molecule has 20 heavy (non-hydrogen) atoms. The molecule has 1 fully saturated rings. The molecule has 2 amide bonds. The zero-order valence-corrected chi connectivity index (χ0v) is 11.5. The third kappa shape index (κ3) is 3.18. The lowest BCUT2D eigenvalue weighted by atomic mass is 9.82. The van der Waals surface area contributed by atoms with Gasteiger partial charge in [-0.3, -0.25) is 14.4 Å². The van der Waals surface area contributed by atoms with Gasteiger partial charge in [0.1, 0.15) is 0 Å². The summed E-state index contributed by atoms with van der Waals surface area (Å²) in [5.41, 5.74) is 0. The summed E-state index contributed by atoms with van der Waals surface area (Å²) in [6.45, 7) is 0.491. The van der Waals surface area contributed by atoms with Crippen LogP contribution in [0.25, 0.3) is 0 Å². The molecule has 3 atom stereocenters. The maximum Gasteiger partial charge on any atom is 0.307 e. The molecule has 6 nitrogen and oxygen atoms in total. The monoisotopic (exact) mass is 280 g/mol. The average molecular weight is 280 g/mol. The Hall–Kier alpha value is -1.85. The van der Waals surface area contributed by atoms with Gasteiger partial charge in [0.2, 0.25) is 11.8 Å². The van der Waals surface area contributed by atoms with E-state index in [1.54, 1.807) is 11.9 Å². The Balaban J connectivity index is 1.95. The van der Waals surface area contributed by atoms with E-state index in [0.717, 1.165) is 0 Å². The molecule has 1 aliphatic heterocycles. The molecule has 1 aliphatic carbocycles. The Labute approximate surface area is 117 Å². The largest absolute Gasteiger partial charge is 0.481 e. The van der Waals surface area contributed by atoms with Crippen molar-refractivity contribution >= 4 is 17.8 Å². The summed E-state index contributed by atoms with van der Waals surface area (Å²) in [4.78, 5) is 36.4. The highest BCUT2D eigenvalue weighted by Gasteiger charge is 2.35. The van der Waals surface area contributed by atoms with Gasteiger partial charge < -0.3 is 15.3 Å². The molecular formula is C14H20N2O4. The topological polar surface area (TPSA) is 86.7 Å². The number of likely N-dealkylation sites (tertiary alicyclic amines) is 1. The second kappa shape index (κ2) is 6.07. The van der Waals surface area contributed by atoms with Crippen molar-refractivity contribution in [2.24, 2.45) is 11.8 Å². The van der Waals surface area contributed by atoms with Crippen LogP contribution >= 0.6 is 0 Å². The number of likely N-dealkylation sites (N-methyl/N-ethyl adjacent to an activating group) is 1. The van der Waals surface area contributed by atoms with Gasteiger partial charge in [-0.25, -0.2) is 0 Å². The molecule has 0 bridgehead atoms.